The summed E-state index contributed by atoms with van der Waals surface area (Å²) >= 11 is 0. The third kappa shape index (κ3) is 4.38. The van der Waals surface area contributed by atoms with E-state index in [-0.39, 0.29) is 34.4 Å². The van der Waals surface area contributed by atoms with Crippen molar-refractivity contribution in [3.05, 3.63) is 53.8 Å². The monoisotopic (exact) mass is 504 g/mol. The van der Waals surface area contributed by atoms with Crippen molar-refractivity contribution in [2.75, 3.05) is 24.5 Å². The molecule has 0 bridgehead atoms. The van der Waals surface area contributed by atoms with E-state index in [0.29, 0.717) is 36.3 Å². The van der Waals surface area contributed by atoms with Crippen molar-refractivity contribution in [3.63, 3.8) is 0 Å². The number of oxazole rings is 1. The molecule has 37 heavy (non-hydrogen) atoms. The zero-order chi connectivity index (χ0) is 25.5. The Kier molecular flexibility index (Phi) is 5.97. The molecule has 2 N–H and O–H groups in total. The Morgan fingerprint density at radius 3 is 2.84 bits per heavy atom. The average molecular weight is 505 g/mol. The SMILES string of the molecule is CCCNC(=O)C1=C(NC(=O)c2coc(N3CCC4(CC4Oc4ncccn4)C4(CC4)C3)n2)C=CCC1. The van der Waals surface area contributed by atoms with Gasteiger partial charge in [0.2, 0.25) is 5.91 Å². The topological polar surface area (TPSA) is 122 Å². The summed E-state index contributed by atoms with van der Waals surface area (Å²) in [6.45, 7) is 4.23. The third-order valence-electron chi connectivity index (χ3n) is 8.25. The standard InChI is InChI=1S/C27H32N6O4/c1-2-11-28-22(34)18-6-3-4-7-19(18)31-23(35)20-16-36-25(32-20)33-14-10-27(26(17-33)8-9-26)15-21(27)37-24-29-12-5-13-30-24/h4-5,7,12-13,16,21H,2-3,6,8-11,14-15,17H2,1H3,(H,28,34)(H,31,35). The first-order valence-electron chi connectivity index (χ1n) is 13.2. The van der Waals surface area contributed by atoms with Crippen molar-refractivity contribution in [2.24, 2.45) is 10.8 Å². The molecular formula is C27H32N6O4. The molecule has 10 heteroatoms. The minimum Gasteiger partial charge on any atom is -0.460 e. The van der Waals surface area contributed by atoms with Crippen molar-refractivity contribution in [2.45, 2.75) is 58.0 Å². The maximum absolute atomic E-state index is 13.0. The lowest BCUT2D eigenvalue weighted by Crippen LogP contribution is -2.45. The second-order valence-electron chi connectivity index (χ2n) is 10.5. The summed E-state index contributed by atoms with van der Waals surface area (Å²) in [5, 5.41) is 5.76. The van der Waals surface area contributed by atoms with E-state index in [2.05, 4.69) is 30.5 Å². The molecule has 2 amide bonds. The predicted octanol–water partition coefficient (Wildman–Crippen LogP) is 3.15. The highest BCUT2D eigenvalue weighted by atomic mass is 16.5. The molecule has 1 saturated heterocycles. The van der Waals surface area contributed by atoms with Gasteiger partial charge in [0.15, 0.2) is 5.69 Å². The molecule has 1 aliphatic heterocycles. The highest BCUT2D eigenvalue weighted by Gasteiger charge is 2.74. The van der Waals surface area contributed by atoms with Crippen LogP contribution in [0.4, 0.5) is 6.01 Å². The number of aromatic nitrogens is 3. The maximum atomic E-state index is 13.0. The van der Waals surface area contributed by atoms with Crippen molar-refractivity contribution in [1.82, 2.24) is 25.6 Å². The molecule has 2 unspecified atom stereocenters. The number of nitrogens with zero attached hydrogens (tertiary/aromatic N) is 4. The van der Waals surface area contributed by atoms with Gasteiger partial charge >= 0.3 is 6.01 Å². The summed E-state index contributed by atoms with van der Waals surface area (Å²) in [6.07, 6.45) is 15.2. The second kappa shape index (κ2) is 9.32. The summed E-state index contributed by atoms with van der Waals surface area (Å²) in [4.78, 5) is 40.6. The van der Waals surface area contributed by atoms with Crippen molar-refractivity contribution in [3.8, 4) is 6.01 Å². The largest absolute Gasteiger partial charge is 0.460 e. The lowest BCUT2D eigenvalue weighted by atomic mass is 9.79. The molecule has 4 aliphatic rings. The van der Waals surface area contributed by atoms with Gasteiger partial charge in [-0.15, -0.1) is 0 Å². The molecule has 2 saturated carbocycles. The number of hydrogen-bond donors (Lipinski definition) is 2. The fourth-order valence-electron chi connectivity index (χ4n) is 5.96. The number of ether oxygens (including phenoxy) is 1. The quantitative estimate of drug-likeness (QED) is 0.562. The Labute approximate surface area is 215 Å². The first-order valence-corrected chi connectivity index (χ1v) is 13.2. The van der Waals surface area contributed by atoms with Gasteiger partial charge in [-0.3, -0.25) is 9.59 Å². The first-order chi connectivity index (χ1) is 18.0. The van der Waals surface area contributed by atoms with E-state index >= 15 is 0 Å². The van der Waals surface area contributed by atoms with Crippen LogP contribution in [0.15, 0.2) is 52.6 Å². The van der Waals surface area contributed by atoms with Crippen LogP contribution in [0.25, 0.3) is 0 Å². The van der Waals surface area contributed by atoms with Crippen LogP contribution in [0, 0.1) is 10.8 Å². The fraction of sp³-hybridized carbons (Fsp3) is 0.519. The van der Waals surface area contributed by atoms with Crippen LogP contribution < -0.4 is 20.3 Å². The molecular weight excluding hydrogens is 472 g/mol. The van der Waals surface area contributed by atoms with E-state index in [0.717, 1.165) is 51.6 Å². The molecule has 2 aromatic rings. The van der Waals surface area contributed by atoms with Crippen LogP contribution in [-0.2, 0) is 4.79 Å². The van der Waals surface area contributed by atoms with Gasteiger partial charge in [-0.25, -0.2) is 9.97 Å². The van der Waals surface area contributed by atoms with Gasteiger partial charge in [0.05, 0.1) is 0 Å². The smallest absolute Gasteiger partial charge is 0.316 e. The number of fused-ring (bicyclic) bond motifs is 1. The maximum Gasteiger partial charge on any atom is 0.316 e. The minimum absolute atomic E-state index is 0.138. The van der Waals surface area contributed by atoms with E-state index < -0.39 is 0 Å². The molecule has 2 atom stereocenters. The molecule has 6 rings (SSSR count). The number of rotatable bonds is 8. The van der Waals surface area contributed by atoms with E-state index in [1.807, 2.05) is 13.0 Å². The van der Waals surface area contributed by atoms with Crippen LogP contribution in [0.2, 0.25) is 0 Å². The Morgan fingerprint density at radius 2 is 2.05 bits per heavy atom. The summed E-state index contributed by atoms with van der Waals surface area (Å²) < 4.78 is 11.9. The Hall–Kier alpha value is -3.69. The van der Waals surface area contributed by atoms with Gasteiger partial charge in [0.25, 0.3) is 11.9 Å². The normalized spacial score (nSPS) is 25.3. The molecule has 0 radical (unpaired) electrons. The number of amides is 2. The molecule has 3 aliphatic carbocycles. The van der Waals surface area contributed by atoms with E-state index in [4.69, 9.17) is 9.15 Å². The molecule has 0 aromatic carbocycles. The minimum atomic E-state index is -0.384. The zero-order valence-corrected chi connectivity index (χ0v) is 21.0. The lowest BCUT2D eigenvalue weighted by molar-refractivity contribution is -0.117. The van der Waals surface area contributed by atoms with Gasteiger partial charge < -0.3 is 24.7 Å². The highest BCUT2D eigenvalue weighted by molar-refractivity contribution is 5.98. The number of anilines is 1. The number of nitrogens with one attached hydrogen (secondary N) is 2. The van der Waals surface area contributed by atoms with Crippen LogP contribution >= 0.6 is 0 Å². The number of carbonyl (C=O) groups is 2. The number of allylic oxidation sites excluding steroid dienone is 2. The van der Waals surface area contributed by atoms with Crippen LogP contribution in [0.1, 0.15) is 62.4 Å². The number of carbonyl (C=O) groups excluding carboxylic acids is 2. The molecule has 194 valence electrons. The first kappa shape index (κ1) is 23.7. The van der Waals surface area contributed by atoms with Gasteiger partial charge in [-0.2, -0.15) is 4.98 Å². The van der Waals surface area contributed by atoms with E-state index in [1.165, 1.54) is 6.26 Å². The van der Waals surface area contributed by atoms with Gasteiger partial charge in [-0.05, 0) is 62.5 Å². The Bertz CT molecular complexity index is 1250. The van der Waals surface area contributed by atoms with E-state index in [1.54, 1.807) is 24.5 Å². The van der Waals surface area contributed by atoms with Crippen LogP contribution in [0.3, 0.4) is 0 Å². The molecule has 2 aromatic heterocycles. The van der Waals surface area contributed by atoms with Crippen LogP contribution in [0.5, 0.6) is 6.01 Å². The molecule has 3 fully saturated rings. The summed E-state index contributed by atoms with van der Waals surface area (Å²) in [5.41, 5.74) is 1.65. The number of hydrogen-bond acceptors (Lipinski definition) is 8. The summed E-state index contributed by atoms with van der Waals surface area (Å²) in [5.74, 6) is -0.522. The molecule has 2 spiro atoms. The predicted molar refractivity (Wildman–Crippen MR) is 135 cm³/mol. The van der Waals surface area contributed by atoms with Gasteiger partial charge in [0.1, 0.15) is 12.4 Å². The zero-order valence-electron chi connectivity index (χ0n) is 21.0. The van der Waals surface area contributed by atoms with Crippen LogP contribution in [-0.4, -0.2) is 52.5 Å². The third-order valence-corrected chi connectivity index (χ3v) is 8.25. The summed E-state index contributed by atoms with van der Waals surface area (Å²) in [7, 11) is 0. The molecule has 3 heterocycles. The highest BCUT2D eigenvalue weighted by Crippen LogP contribution is 2.74. The van der Waals surface area contributed by atoms with Crippen molar-refractivity contribution < 1.29 is 18.7 Å². The van der Waals surface area contributed by atoms with Gasteiger partial charge in [-0.1, -0.05) is 13.0 Å². The van der Waals surface area contributed by atoms with E-state index in [9.17, 15) is 9.59 Å². The summed E-state index contributed by atoms with van der Waals surface area (Å²) in [6, 6.07) is 2.69. The molecule has 10 nitrogen and oxygen atoms in total. The van der Waals surface area contributed by atoms with Gasteiger partial charge in [0, 0.05) is 48.7 Å². The number of piperidine rings is 1. The Balaban J connectivity index is 1.10. The fourth-order valence-corrected chi connectivity index (χ4v) is 5.96. The second-order valence-corrected chi connectivity index (χ2v) is 10.5. The van der Waals surface area contributed by atoms with Crippen molar-refractivity contribution >= 4 is 17.8 Å². The Morgan fingerprint density at radius 1 is 1.22 bits per heavy atom. The van der Waals surface area contributed by atoms with Crippen molar-refractivity contribution in [1.29, 1.82) is 0 Å². The average Bonchev–Trinajstić information content (AvgIpc) is 3.78. The lowest BCUT2D eigenvalue weighted by Gasteiger charge is -2.39.